The SMILES string of the molecule is C=CCSC(=S)SC. The number of thiocarbonyl (C=S) groups is 1. The molecule has 0 atom stereocenters. The summed E-state index contributed by atoms with van der Waals surface area (Å²) < 4.78 is 0.991. The molecule has 8 heavy (non-hydrogen) atoms. The summed E-state index contributed by atoms with van der Waals surface area (Å²) in [7, 11) is 0. The summed E-state index contributed by atoms with van der Waals surface area (Å²) in [5, 5.41) is 0. The molecule has 0 spiro atoms. The molecule has 0 aliphatic rings. The Hall–Kier alpha value is 0.530. The maximum atomic E-state index is 4.90. The Kier molecular flexibility index (Phi) is 6.04. The highest BCUT2D eigenvalue weighted by Gasteiger charge is 1.88. The van der Waals surface area contributed by atoms with Gasteiger partial charge in [-0.15, -0.1) is 30.1 Å². The molecule has 3 heteroatoms. The van der Waals surface area contributed by atoms with Crippen molar-refractivity contribution in [3.8, 4) is 0 Å². The van der Waals surface area contributed by atoms with E-state index in [2.05, 4.69) is 6.58 Å². The largest absolute Gasteiger partial charge is 0.111 e. The normalized spacial score (nSPS) is 8.62. The van der Waals surface area contributed by atoms with Crippen molar-refractivity contribution in [1.29, 1.82) is 0 Å². The van der Waals surface area contributed by atoms with Crippen LogP contribution in [0.5, 0.6) is 0 Å². The van der Waals surface area contributed by atoms with Crippen LogP contribution in [-0.2, 0) is 0 Å². The Morgan fingerprint density at radius 2 is 2.50 bits per heavy atom. The number of hydrogen-bond acceptors (Lipinski definition) is 3. The molecule has 0 fully saturated rings. The molecule has 0 nitrogen and oxygen atoms in total. The van der Waals surface area contributed by atoms with Crippen LogP contribution >= 0.6 is 35.7 Å². The van der Waals surface area contributed by atoms with Crippen molar-refractivity contribution in [2.24, 2.45) is 0 Å². The van der Waals surface area contributed by atoms with Gasteiger partial charge in [-0.2, -0.15) is 0 Å². The third kappa shape index (κ3) is 4.68. The van der Waals surface area contributed by atoms with Crippen LogP contribution in [0, 0.1) is 0 Å². The first-order valence-electron chi connectivity index (χ1n) is 2.13. The van der Waals surface area contributed by atoms with E-state index in [9.17, 15) is 0 Å². The molecule has 0 heterocycles. The van der Waals surface area contributed by atoms with E-state index in [4.69, 9.17) is 12.2 Å². The summed E-state index contributed by atoms with van der Waals surface area (Å²) in [4.78, 5) is 0. The molecule has 0 unspecified atom stereocenters. The molecule has 0 radical (unpaired) electrons. The van der Waals surface area contributed by atoms with E-state index >= 15 is 0 Å². The van der Waals surface area contributed by atoms with Gasteiger partial charge in [0, 0.05) is 5.75 Å². The second-order valence-corrected chi connectivity index (χ2v) is 4.08. The number of thioether (sulfide) groups is 2. The lowest BCUT2D eigenvalue weighted by atomic mass is 10.8. The van der Waals surface area contributed by atoms with E-state index in [0.29, 0.717) is 0 Å². The monoisotopic (exact) mass is 164 g/mol. The van der Waals surface area contributed by atoms with Gasteiger partial charge in [0.1, 0.15) is 3.53 Å². The maximum absolute atomic E-state index is 4.90. The zero-order valence-electron chi connectivity index (χ0n) is 4.72. The van der Waals surface area contributed by atoms with Crippen molar-refractivity contribution in [1.82, 2.24) is 0 Å². The van der Waals surface area contributed by atoms with E-state index in [0.717, 1.165) is 9.28 Å². The van der Waals surface area contributed by atoms with Gasteiger partial charge >= 0.3 is 0 Å². The van der Waals surface area contributed by atoms with Crippen molar-refractivity contribution < 1.29 is 0 Å². The Balaban J connectivity index is 3.11. The average Bonchev–Trinajstić information content (AvgIpc) is 1.83. The maximum Gasteiger partial charge on any atom is 0.104 e. The lowest BCUT2D eigenvalue weighted by Gasteiger charge is -1.91. The van der Waals surface area contributed by atoms with Gasteiger partial charge in [-0.1, -0.05) is 18.3 Å². The van der Waals surface area contributed by atoms with Crippen LogP contribution in [0.2, 0.25) is 0 Å². The van der Waals surface area contributed by atoms with Crippen LogP contribution in [0.1, 0.15) is 0 Å². The summed E-state index contributed by atoms with van der Waals surface area (Å²) in [6.07, 6.45) is 3.84. The fourth-order valence-electron chi connectivity index (χ4n) is 0.186. The average molecular weight is 164 g/mol. The molecule has 0 aromatic heterocycles. The molecule has 0 aromatic carbocycles. The zero-order chi connectivity index (χ0) is 6.41. The van der Waals surface area contributed by atoms with Gasteiger partial charge in [-0.3, -0.25) is 0 Å². The lowest BCUT2D eigenvalue weighted by Crippen LogP contribution is -1.77. The molecule has 0 bridgehead atoms. The molecule has 0 N–H and O–H groups in total. The Bertz CT molecular complexity index is 87.7. The molecule has 46 valence electrons. The lowest BCUT2D eigenvalue weighted by molar-refractivity contribution is 1.84. The summed E-state index contributed by atoms with van der Waals surface area (Å²) in [6.45, 7) is 3.58. The van der Waals surface area contributed by atoms with Crippen molar-refractivity contribution in [3.05, 3.63) is 12.7 Å². The van der Waals surface area contributed by atoms with Crippen LogP contribution in [0.4, 0.5) is 0 Å². The second kappa shape index (κ2) is 5.66. The molecule has 0 aliphatic heterocycles. The smallest absolute Gasteiger partial charge is 0.104 e. The zero-order valence-corrected chi connectivity index (χ0v) is 7.17. The minimum absolute atomic E-state index is 0.930. The van der Waals surface area contributed by atoms with Crippen molar-refractivity contribution in [2.75, 3.05) is 12.0 Å². The fourth-order valence-corrected chi connectivity index (χ4v) is 1.32. The molecule has 0 aromatic rings. The van der Waals surface area contributed by atoms with Crippen LogP contribution in [0.15, 0.2) is 12.7 Å². The van der Waals surface area contributed by atoms with Gasteiger partial charge < -0.3 is 0 Å². The molecule has 0 aliphatic carbocycles. The highest BCUT2D eigenvalue weighted by Crippen LogP contribution is 2.13. The first kappa shape index (κ1) is 8.53. The fraction of sp³-hybridized carbons (Fsp3) is 0.400. The van der Waals surface area contributed by atoms with Crippen LogP contribution < -0.4 is 0 Å². The van der Waals surface area contributed by atoms with Gasteiger partial charge in [0.25, 0.3) is 0 Å². The third-order valence-corrected chi connectivity index (χ3v) is 3.16. The van der Waals surface area contributed by atoms with Gasteiger partial charge in [0.15, 0.2) is 0 Å². The van der Waals surface area contributed by atoms with E-state index < -0.39 is 0 Å². The van der Waals surface area contributed by atoms with E-state index in [-0.39, 0.29) is 0 Å². The summed E-state index contributed by atoms with van der Waals surface area (Å²) in [5.74, 6) is 0.930. The van der Waals surface area contributed by atoms with Gasteiger partial charge in [-0.25, -0.2) is 0 Å². The Morgan fingerprint density at radius 3 is 2.88 bits per heavy atom. The topological polar surface area (TPSA) is 0 Å². The summed E-state index contributed by atoms with van der Waals surface area (Å²) in [6, 6.07) is 0. The standard InChI is InChI=1S/C5H8S3/c1-3-4-8-5(6)7-2/h3H,1,4H2,2H3. The van der Waals surface area contributed by atoms with Crippen molar-refractivity contribution >= 4 is 39.3 Å². The molecular weight excluding hydrogens is 156 g/mol. The predicted molar refractivity (Wildman–Crippen MR) is 48.8 cm³/mol. The third-order valence-electron chi connectivity index (χ3n) is 0.486. The van der Waals surface area contributed by atoms with Crippen LogP contribution in [0.25, 0.3) is 0 Å². The minimum Gasteiger partial charge on any atom is -0.111 e. The molecule has 0 amide bonds. The molecular formula is C5H8S3. The van der Waals surface area contributed by atoms with Gasteiger partial charge in [-0.05, 0) is 6.26 Å². The van der Waals surface area contributed by atoms with E-state index in [1.54, 1.807) is 23.5 Å². The molecule has 0 rings (SSSR count). The van der Waals surface area contributed by atoms with Crippen LogP contribution in [-0.4, -0.2) is 15.5 Å². The highest BCUT2D eigenvalue weighted by atomic mass is 32.2. The predicted octanol–water partition coefficient (Wildman–Crippen LogP) is 2.55. The quantitative estimate of drug-likeness (QED) is 0.455. The first-order chi connectivity index (χ1) is 3.81. The Morgan fingerprint density at radius 1 is 1.88 bits per heavy atom. The van der Waals surface area contributed by atoms with Gasteiger partial charge in [0.05, 0.1) is 0 Å². The van der Waals surface area contributed by atoms with Crippen molar-refractivity contribution in [3.63, 3.8) is 0 Å². The minimum atomic E-state index is 0.930. The molecule has 0 saturated heterocycles. The summed E-state index contributed by atoms with van der Waals surface area (Å²) >= 11 is 8.16. The highest BCUT2D eigenvalue weighted by molar-refractivity contribution is 8.47. The number of hydrogen-bond donors (Lipinski definition) is 0. The van der Waals surface area contributed by atoms with E-state index in [1.165, 1.54) is 0 Å². The second-order valence-electron chi connectivity index (χ2n) is 1.05. The molecule has 0 saturated carbocycles. The Labute approximate surface area is 64.1 Å². The first-order valence-corrected chi connectivity index (χ1v) is 4.74. The number of rotatable bonds is 2. The van der Waals surface area contributed by atoms with Crippen molar-refractivity contribution in [2.45, 2.75) is 0 Å². The van der Waals surface area contributed by atoms with Crippen LogP contribution in [0.3, 0.4) is 0 Å². The summed E-state index contributed by atoms with van der Waals surface area (Å²) in [5.41, 5.74) is 0. The van der Waals surface area contributed by atoms with E-state index in [1.807, 2.05) is 12.3 Å². The van der Waals surface area contributed by atoms with Gasteiger partial charge in [0.2, 0.25) is 0 Å².